The summed E-state index contributed by atoms with van der Waals surface area (Å²) >= 11 is 1.49. The van der Waals surface area contributed by atoms with E-state index in [1.54, 1.807) is 18.5 Å². The third-order valence-electron chi connectivity index (χ3n) is 1.98. The second-order valence-corrected chi connectivity index (χ2v) is 4.05. The third kappa shape index (κ3) is 2.34. The standard InChI is InChI=1S/C10H10N4OS/c11-8-1-2-12-5-7(8)10(15)14-6-9-13-3-4-16-9/h1-5H,6H2,(H2,11,12)(H,14,15). The van der Waals surface area contributed by atoms with Crippen LogP contribution in [0.25, 0.3) is 0 Å². The number of nitrogens with zero attached hydrogens (tertiary/aromatic N) is 2. The Morgan fingerprint density at radius 2 is 2.38 bits per heavy atom. The number of hydrogen-bond donors (Lipinski definition) is 2. The van der Waals surface area contributed by atoms with Crippen molar-refractivity contribution in [2.45, 2.75) is 6.54 Å². The van der Waals surface area contributed by atoms with Crippen LogP contribution < -0.4 is 11.1 Å². The summed E-state index contributed by atoms with van der Waals surface area (Å²) in [6, 6.07) is 1.60. The monoisotopic (exact) mass is 234 g/mol. The number of hydrogen-bond acceptors (Lipinski definition) is 5. The van der Waals surface area contributed by atoms with Gasteiger partial charge in [0.15, 0.2) is 0 Å². The van der Waals surface area contributed by atoms with Crippen molar-refractivity contribution in [1.82, 2.24) is 15.3 Å². The van der Waals surface area contributed by atoms with Gasteiger partial charge < -0.3 is 11.1 Å². The van der Waals surface area contributed by atoms with Crippen molar-refractivity contribution in [3.8, 4) is 0 Å². The van der Waals surface area contributed by atoms with Crippen LogP contribution in [0.1, 0.15) is 15.4 Å². The molecule has 1 amide bonds. The number of rotatable bonds is 3. The summed E-state index contributed by atoms with van der Waals surface area (Å²) in [5.74, 6) is -0.235. The number of carbonyl (C=O) groups is 1. The number of amides is 1. The number of carbonyl (C=O) groups excluding carboxylic acids is 1. The molecule has 0 atom stereocenters. The quantitative estimate of drug-likeness (QED) is 0.831. The zero-order valence-corrected chi connectivity index (χ0v) is 9.20. The predicted octanol–water partition coefficient (Wildman–Crippen LogP) is 1.05. The van der Waals surface area contributed by atoms with E-state index >= 15 is 0 Å². The van der Waals surface area contributed by atoms with Gasteiger partial charge in [-0.15, -0.1) is 11.3 Å². The molecular weight excluding hydrogens is 224 g/mol. The maximum absolute atomic E-state index is 11.7. The Hall–Kier alpha value is -1.95. The van der Waals surface area contributed by atoms with E-state index in [1.807, 2.05) is 5.38 Å². The van der Waals surface area contributed by atoms with Crippen molar-refractivity contribution < 1.29 is 4.79 Å². The molecule has 0 spiro atoms. The summed E-state index contributed by atoms with van der Waals surface area (Å²) in [5.41, 5.74) is 6.47. The molecule has 0 aliphatic rings. The fourth-order valence-corrected chi connectivity index (χ4v) is 1.74. The lowest BCUT2D eigenvalue weighted by Gasteiger charge is -2.04. The van der Waals surface area contributed by atoms with E-state index in [0.717, 1.165) is 5.01 Å². The normalized spacial score (nSPS) is 10.0. The van der Waals surface area contributed by atoms with Gasteiger partial charge in [0.2, 0.25) is 0 Å². The first-order valence-corrected chi connectivity index (χ1v) is 5.51. The first-order valence-electron chi connectivity index (χ1n) is 4.63. The third-order valence-corrected chi connectivity index (χ3v) is 2.76. The molecule has 3 N–H and O–H groups in total. The number of thiazole rings is 1. The minimum absolute atomic E-state index is 0.235. The highest BCUT2D eigenvalue weighted by atomic mass is 32.1. The van der Waals surface area contributed by atoms with Gasteiger partial charge in [-0.2, -0.15) is 0 Å². The number of nitrogen functional groups attached to an aromatic ring is 1. The highest BCUT2D eigenvalue weighted by molar-refractivity contribution is 7.09. The van der Waals surface area contributed by atoms with Crippen LogP contribution in [0.2, 0.25) is 0 Å². The van der Waals surface area contributed by atoms with Gasteiger partial charge in [-0.05, 0) is 6.07 Å². The topological polar surface area (TPSA) is 80.9 Å². The zero-order valence-electron chi connectivity index (χ0n) is 8.38. The van der Waals surface area contributed by atoms with E-state index in [0.29, 0.717) is 17.8 Å². The predicted molar refractivity (Wildman–Crippen MR) is 61.9 cm³/mol. The smallest absolute Gasteiger partial charge is 0.255 e. The molecule has 0 radical (unpaired) electrons. The Labute approximate surface area is 96.3 Å². The molecule has 2 rings (SSSR count). The van der Waals surface area contributed by atoms with Crippen LogP contribution in [-0.2, 0) is 6.54 Å². The van der Waals surface area contributed by atoms with E-state index in [9.17, 15) is 4.79 Å². The summed E-state index contributed by atoms with van der Waals surface area (Å²) < 4.78 is 0. The van der Waals surface area contributed by atoms with Crippen molar-refractivity contribution >= 4 is 22.9 Å². The van der Waals surface area contributed by atoms with Crippen LogP contribution in [0.3, 0.4) is 0 Å². The highest BCUT2D eigenvalue weighted by Crippen LogP contribution is 2.09. The van der Waals surface area contributed by atoms with Crippen LogP contribution in [0, 0.1) is 0 Å². The van der Waals surface area contributed by atoms with Crippen molar-refractivity contribution in [1.29, 1.82) is 0 Å². The largest absolute Gasteiger partial charge is 0.398 e. The Morgan fingerprint density at radius 3 is 3.06 bits per heavy atom. The second kappa shape index (κ2) is 4.71. The van der Waals surface area contributed by atoms with Crippen LogP contribution in [-0.4, -0.2) is 15.9 Å². The summed E-state index contributed by atoms with van der Waals surface area (Å²) in [6.45, 7) is 0.408. The molecular formula is C10H10N4OS. The first-order chi connectivity index (χ1) is 7.77. The fourth-order valence-electron chi connectivity index (χ4n) is 1.19. The van der Waals surface area contributed by atoms with E-state index in [1.165, 1.54) is 17.5 Å². The Kier molecular flexibility index (Phi) is 3.11. The Bertz CT molecular complexity index is 483. The highest BCUT2D eigenvalue weighted by Gasteiger charge is 2.09. The summed E-state index contributed by atoms with van der Waals surface area (Å²) in [5, 5.41) is 5.45. The lowest BCUT2D eigenvalue weighted by Crippen LogP contribution is -2.23. The molecule has 0 bridgehead atoms. The lowest BCUT2D eigenvalue weighted by atomic mass is 10.2. The van der Waals surface area contributed by atoms with Gasteiger partial charge in [0.25, 0.3) is 5.91 Å². The van der Waals surface area contributed by atoms with E-state index in [-0.39, 0.29) is 5.91 Å². The minimum atomic E-state index is -0.235. The molecule has 0 unspecified atom stereocenters. The fraction of sp³-hybridized carbons (Fsp3) is 0.100. The number of nitrogens with two attached hydrogens (primary N) is 1. The van der Waals surface area contributed by atoms with Crippen molar-refractivity contribution in [3.63, 3.8) is 0 Å². The first kappa shape index (κ1) is 10.6. The number of nitrogens with one attached hydrogen (secondary N) is 1. The maximum Gasteiger partial charge on any atom is 0.255 e. The minimum Gasteiger partial charge on any atom is -0.398 e. The molecule has 16 heavy (non-hydrogen) atoms. The molecule has 0 aromatic carbocycles. The molecule has 82 valence electrons. The van der Waals surface area contributed by atoms with E-state index in [2.05, 4.69) is 15.3 Å². The molecule has 0 saturated carbocycles. The molecule has 6 heteroatoms. The zero-order chi connectivity index (χ0) is 11.4. The molecule has 2 aromatic heterocycles. The number of aromatic nitrogens is 2. The summed E-state index contributed by atoms with van der Waals surface area (Å²) in [7, 11) is 0. The Balaban J connectivity index is 2.01. The SMILES string of the molecule is Nc1ccncc1C(=O)NCc1nccs1. The summed E-state index contributed by atoms with van der Waals surface area (Å²) in [4.78, 5) is 19.6. The summed E-state index contributed by atoms with van der Waals surface area (Å²) in [6.07, 6.45) is 4.70. The molecule has 0 aliphatic heterocycles. The number of pyridine rings is 1. The molecule has 5 nitrogen and oxygen atoms in total. The molecule has 0 saturated heterocycles. The molecule has 0 aliphatic carbocycles. The molecule has 0 fully saturated rings. The van der Waals surface area contributed by atoms with Gasteiger partial charge in [-0.3, -0.25) is 9.78 Å². The van der Waals surface area contributed by atoms with Crippen LogP contribution in [0.4, 0.5) is 5.69 Å². The molecule has 2 heterocycles. The van der Waals surface area contributed by atoms with Crippen molar-refractivity contribution in [2.24, 2.45) is 0 Å². The average molecular weight is 234 g/mol. The van der Waals surface area contributed by atoms with Gasteiger partial charge in [-0.25, -0.2) is 4.98 Å². The van der Waals surface area contributed by atoms with E-state index < -0.39 is 0 Å². The van der Waals surface area contributed by atoms with Gasteiger partial charge in [0.1, 0.15) is 5.01 Å². The second-order valence-electron chi connectivity index (χ2n) is 3.07. The van der Waals surface area contributed by atoms with Crippen molar-refractivity contribution in [2.75, 3.05) is 5.73 Å². The van der Waals surface area contributed by atoms with Gasteiger partial charge in [-0.1, -0.05) is 0 Å². The van der Waals surface area contributed by atoms with Gasteiger partial charge in [0, 0.05) is 29.7 Å². The van der Waals surface area contributed by atoms with Crippen LogP contribution >= 0.6 is 11.3 Å². The number of anilines is 1. The maximum atomic E-state index is 11.7. The Morgan fingerprint density at radius 1 is 1.50 bits per heavy atom. The van der Waals surface area contributed by atoms with Gasteiger partial charge >= 0.3 is 0 Å². The van der Waals surface area contributed by atoms with Crippen molar-refractivity contribution in [3.05, 3.63) is 40.6 Å². The van der Waals surface area contributed by atoms with Crippen LogP contribution in [0.5, 0.6) is 0 Å². The van der Waals surface area contributed by atoms with Crippen LogP contribution in [0.15, 0.2) is 30.0 Å². The van der Waals surface area contributed by atoms with Gasteiger partial charge in [0.05, 0.1) is 12.1 Å². The lowest BCUT2D eigenvalue weighted by molar-refractivity contribution is 0.0951. The molecule has 2 aromatic rings. The average Bonchev–Trinajstić information content (AvgIpc) is 2.79. The van der Waals surface area contributed by atoms with E-state index in [4.69, 9.17) is 5.73 Å².